The third-order valence-corrected chi connectivity index (χ3v) is 0.866. The second-order valence-electron chi connectivity index (χ2n) is 1.12. The van der Waals surface area contributed by atoms with Crippen molar-refractivity contribution < 1.29 is 0 Å². The summed E-state index contributed by atoms with van der Waals surface area (Å²) < 4.78 is 0. The molecule has 7 heavy (non-hydrogen) atoms. The predicted molar refractivity (Wildman–Crippen MR) is 29.4 cm³/mol. The van der Waals surface area contributed by atoms with Crippen molar-refractivity contribution in [1.29, 1.82) is 0 Å². The molecule has 2 nitrogen and oxygen atoms in total. The molecule has 0 bridgehead atoms. The minimum Gasteiger partial charge on any atom is -0.270 e. The van der Waals surface area contributed by atoms with Crippen LogP contribution in [-0.2, 0) is 0 Å². The fraction of sp³-hybridized carbons (Fsp3) is 0.250. The van der Waals surface area contributed by atoms with Crippen LogP contribution in [0.2, 0.25) is 0 Å². The highest BCUT2D eigenvalue weighted by molar-refractivity contribution is 6.68. The maximum Gasteiger partial charge on any atom is 0.131 e. The molecule has 0 fully saturated rings. The van der Waals surface area contributed by atoms with E-state index in [2.05, 4.69) is 10.3 Å². The van der Waals surface area contributed by atoms with E-state index in [0.717, 1.165) is 0 Å². The normalized spacial score (nSPS) is 18.1. The summed E-state index contributed by atoms with van der Waals surface area (Å²) in [7, 11) is 0. The molecule has 1 aliphatic rings. The van der Waals surface area contributed by atoms with Crippen LogP contribution in [0.3, 0.4) is 0 Å². The van der Waals surface area contributed by atoms with E-state index in [0.29, 0.717) is 11.8 Å². The summed E-state index contributed by atoms with van der Waals surface area (Å²) >= 11 is 5.42. The quantitative estimate of drug-likeness (QED) is 0.445. The molecular weight excluding hydrogens is 112 g/mol. The zero-order valence-corrected chi connectivity index (χ0v) is 4.39. The Labute approximate surface area is 46.9 Å². The van der Waals surface area contributed by atoms with Crippen LogP contribution in [-0.4, -0.2) is 11.8 Å². The molecule has 3 heteroatoms. The van der Waals surface area contributed by atoms with E-state index in [4.69, 9.17) is 11.6 Å². The Bertz CT molecular complexity index is 117. The van der Waals surface area contributed by atoms with Crippen LogP contribution in [0.15, 0.2) is 17.3 Å². The lowest BCUT2D eigenvalue weighted by Gasteiger charge is -1.95. The summed E-state index contributed by atoms with van der Waals surface area (Å²) in [6.45, 7) is 0.481. The van der Waals surface area contributed by atoms with Crippen molar-refractivity contribution in [3.8, 4) is 0 Å². The molecule has 1 aliphatic heterocycles. The van der Waals surface area contributed by atoms with Crippen LogP contribution in [0.1, 0.15) is 0 Å². The first-order chi connectivity index (χ1) is 3.39. The number of nitrogens with zero attached hydrogens (tertiary/aromatic N) is 2. The third kappa shape index (κ3) is 1.20. The van der Waals surface area contributed by atoms with E-state index in [1.807, 2.05) is 0 Å². The van der Waals surface area contributed by atoms with Crippen LogP contribution in [0.25, 0.3) is 0 Å². The zero-order chi connectivity index (χ0) is 5.11. The highest BCUT2D eigenvalue weighted by Crippen LogP contribution is 1.91. The van der Waals surface area contributed by atoms with Crippen molar-refractivity contribution in [1.82, 2.24) is 5.32 Å². The van der Waals surface area contributed by atoms with Gasteiger partial charge in [0, 0.05) is 6.20 Å². The molecule has 37 valence electrons. The van der Waals surface area contributed by atoms with Crippen molar-refractivity contribution in [3.05, 3.63) is 12.3 Å². The second kappa shape index (κ2) is 1.98. The lowest BCUT2D eigenvalue weighted by molar-refractivity contribution is 0.861. The van der Waals surface area contributed by atoms with Gasteiger partial charge < -0.3 is 0 Å². The van der Waals surface area contributed by atoms with Gasteiger partial charge >= 0.3 is 0 Å². The Kier molecular flexibility index (Phi) is 1.32. The van der Waals surface area contributed by atoms with E-state index < -0.39 is 0 Å². The first kappa shape index (κ1) is 4.65. The van der Waals surface area contributed by atoms with Gasteiger partial charge in [-0.15, -0.1) is 0 Å². The number of rotatable bonds is 0. The molecule has 0 atom stereocenters. The Morgan fingerprint density at radius 2 is 2.57 bits per heavy atom. The molecule has 0 spiro atoms. The molecule has 0 saturated heterocycles. The number of halogens is 1. The van der Waals surface area contributed by atoms with Gasteiger partial charge in [-0.3, -0.25) is 5.32 Å². The summed E-state index contributed by atoms with van der Waals surface area (Å²) in [4.78, 5) is 3.76. The van der Waals surface area contributed by atoms with Crippen LogP contribution in [0.4, 0.5) is 0 Å². The Hall–Kier alpha value is -0.500. The standard InChI is InChI=1S/C4H4ClN2/c5-4-1-2-6-3-7-4/h1-2H,3H2. The maximum atomic E-state index is 5.42. The van der Waals surface area contributed by atoms with E-state index in [9.17, 15) is 0 Å². The molecule has 1 radical (unpaired) electrons. The number of aliphatic imine (C=N–C) groups is 1. The van der Waals surface area contributed by atoms with Crippen molar-refractivity contribution in [2.75, 3.05) is 6.67 Å². The first-order valence-electron chi connectivity index (χ1n) is 1.93. The second-order valence-corrected chi connectivity index (χ2v) is 1.51. The minimum absolute atomic E-state index is 0.481. The van der Waals surface area contributed by atoms with Crippen molar-refractivity contribution >= 4 is 16.8 Å². The van der Waals surface area contributed by atoms with Gasteiger partial charge in [0.25, 0.3) is 0 Å². The number of hydrogen-bond acceptors (Lipinski definition) is 1. The zero-order valence-electron chi connectivity index (χ0n) is 3.63. The van der Waals surface area contributed by atoms with Gasteiger partial charge in [0.15, 0.2) is 0 Å². The lowest BCUT2D eigenvalue weighted by Crippen LogP contribution is -2.02. The van der Waals surface area contributed by atoms with E-state index in [1.54, 1.807) is 12.3 Å². The predicted octanol–water partition coefficient (Wildman–Crippen LogP) is 0.713. The third-order valence-electron chi connectivity index (χ3n) is 0.621. The van der Waals surface area contributed by atoms with Gasteiger partial charge in [-0.1, -0.05) is 11.6 Å². The van der Waals surface area contributed by atoms with Gasteiger partial charge in [0.2, 0.25) is 0 Å². The molecule has 0 saturated carbocycles. The Balaban J connectivity index is 2.58. The van der Waals surface area contributed by atoms with Gasteiger partial charge in [-0.2, -0.15) is 0 Å². The minimum atomic E-state index is 0.481. The van der Waals surface area contributed by atoms with Crippen LogP contribution in [0.5, 0.6) is 0 Å². The highest BCUT2D eigenvalue weighted by atomic mass is 35.5. The highest BCUT2D eigenvalue weighted by Gasteiger charge is 1.89. The molecule has 0 aromatic rings. The summed E-state index contributed by atoms with van der Waals surface area (Å²) in [6.07, 6.45) is 3.31. The molecule has 0 aliphatic carbocycles. The molecule has 0 aromatic heterocycles. The Morgan fingerprint density at radius 3 is 2.86 bits per heavy atom. The van der Waals surface area contributed by atoms with Crippen molar-refractivity contribution in [2.45, 2.75) is 0 Å². The SMILES string of the molecule is ClC1=NC[N]C=C1. The average Bonchev–Trinajstić information content (AvgIpc) is 1.69. The Morgan fingerprint density at radius 1 is 1.71 bits per heavy atom. The van der Waals surface area contributed by atoms with Gasteiger partial charge in [0.05, 0.1) is 0 Å². The lowest BCUT2D eigenvalue weighted by atomic mass is 10.6. The fourth-order valence-electron chi connectivity index (χ4n) is 0.322. The van der Waals surface area contributed by atoms with E-state index >= 15 is 0 Å². The molecule has 0 aromatic carbocycles. The van der Waals surface area contributed by atoms with Gasteiger partial charge in [-0.05, 0) is 6.08 Å². The maximum absolute atomic E-state index is 5.42. The van der Waals surface area contributed by atoms with Gasteiger partial charge in [0.1, 0.15) is 11.8 Å². The van der Waals surface area contributed by atoms with Crippen LogP contribution >= 0.6 is 11.6 Å². The molecular formula is C4H4ClN2. The first-order valence-corrected chi connectivity index (χ1v) is 2.30. The van der Waals surface area contributed by atoms with E-state index in [1.165, 1.54) is 0 Å². The molecule has 1 rings (SSSR count). The summed E-state index contributed by atoms with van der Waals surface area (Å²) in [5, 5.41) is 4.31. The van der Waals surface area contributed by atoms with Gasteiger partial charge in [-0.25, -0.2) is 4.99 Å². The molecule has 0 N–H and O–H groups in total. The topological polar surface area (TPSA) is 26.5 Å². The summed E-state index contributed by atoms with van der Waals surface area (Å²) in [5.41, 5.74) is 0. The van der Waals surface area contributed by atoms with E-state index in [-0.39, 0.29) is 0 Å². The number of hydrogen-bond donors (Lipinski definition) is 0. The smallest absolute Gasteiger partial charge is 0.131 e. The summed E-state index contributed by atoms with van der Waals surface area (Å²) in [5.74, 6) is 0. The van der Waals surface area contributed by atoms with Crippen LogP contribution in [0, 0.1) is 0 Å². The summed E-state index contributed by atoms with van der Waals surface area (Å²) in [6, 6.07) is 0. The largest absolute Gasteiger partial charge is 0.270 e. The molecule has 0 unspecified atom stereocenters. The fourth-order valence-corrected chi connectivity index (χ4v) is 0.432. The van der Waals surface area contributed by atoms with Crippen molar-refractivity contribution in [3.63, 3.8) is 0 Å². The monoisotopic (exact) mass is 115 g/mol. The molecule has 0 amide bonds. The molecule has 1 heterocycles. The van der Waals surface area contributed by atoms with Crippen LogP contribution < -0.4 is 5.32 Å². The number of allylic oxidation sites excluding steroid dienone is 1. The average molecular weight is 116 g/mol. The van der Waals surface area contributed by atoms with Crippen molar-refractivity contribution in [2.24, 2.45) is 4.99 Å².